The third-order valence-corrected chi connectivity index (χ3v) is 1.50. The summed E-state index contributed by atoms with van der Waals surface area (Å²) in [5.41, 5.74) is 4.69. The molecule has 0 bridgehead atoms. The highest BCUT2D eigenvalue weighted by molar-refractivity contribution is 5.95. The van der Waals surface area contributed by atoms with Crippen molar-refractivity contribution in [2.75, 3.05) is 13.2 Å². The van der Waals surface area contributed by atoms with Gasteiger partial charge in [-0.1, -0.05) is 0 Å². The van der Waals surface area contributed by atoms with Crippen molar-refractivity contribution in [3.8, 4) is 0 Å². The quantitative estimate of drug-likeness (QED) is 0.547. The van der Waals surface area contributed by atoms with E-state index in [0.29, 0.717) is 0 Å². The first kappa shape index (κ1) is 13.9. The fourth-order valence-corrected chi connectivity index (χ4v) is 0.904. The van der Waals surface area contributed by atoms with Crippen LogP contribution in [0.3, 0.4) is 0 Å². The van der Waals surface area contributed by atoms with Crippen LogP contribution < -0.4 is 5.73 Å². The van der Waals surface area contributed by atoms with Crippen LogP contribution in [-0.4, -0.2) is 30.7 Å². The molecule has 0 aliphatic carbocycles. The smallest absolute Gasteiger partial charge is 0.322 e. The van der Waals surface area contributed by atoms with Crippen molar-refractivity contribution < 1.29 is 19.1 Å². The largest absolute Gasteiger partial charge is 0.465 e. The lowest BCUT2D eigenvalue weighted by Gasteiger charge is -2.22. The molecule has 2 N–H and O–H groups in total. The van der Waals surface area contributed by atoms with Crippen molar-refractivity contribution >= 4 is 11.9 Å². The molecule has 0 aromatic rings. The molecule has 0 fully saturated rings. The number of hydrogen-bond donors (Lipinski definition) is 1. The molecule has 0 aromatic heterocycles. The minimum Gasteiger partial charge on any atom is -0.465 e. The highest BCUT2D eigenvalue weighted by Gasteiger charge is 2.31. The van der Waals surface area contributed by atoms with Gasteiger partial charge in [0.25, 0.3) is 0 Å². The Hall–Kier alpha value is -1.10. The highest BCUT2D eigenvalue weighted by atomic mass is 16.6. The molecule has 1 atom stereocenters. The van der Waals surface area contributed by atoms with Crippen LogP contribution in [0, 0.1) is 5.92 Å². The zero-order chi connectivity index (χ0) is 12.1. The van der Waals surface area contributed by atoms with Crippen LogP contribution in [0.4, 0.5) is 0 Å². The summed E-state index contributed by atoms with van der Waals surface area (Å²) in [6.07, 6.45) is 0. The maximum atomic E-state index is 11.5. The fourth-order valence-electron chi connectivity index (χ4n) is 0.904. The van der Waals surface area contributed by atoms with Gasteiger partial charge < -0.3 is 15.2 Å². The van der Waals surface area contributed by atoms with Gasteiger partial charge in [-0.3, -0.25) is 9.59 Å². The molecule has 0 heterocycles. The van der Waals surface area contributed by atoms with E-state index < -0.39 is 23.5 Å². The first-order chi connectivity index (χ1) is 6.81. The molecule has 88 valence electrons. The number of nitrogens with two attached hydrogens (primary N) is 1. The zero-order valence-corrected chi connectivity index (χ0v) is 9.70. The number of esters is 2. The molecule has 0 saturated heterocycles. The van der Waals surface area contributed by atoms with E-state index in [1.165, 1.54) is 0 Å². The monoisotopic (exact) mass is 217 g/mol. The maximum Gasteiger partial charge on any atom is 0.322 e. The molecule has 5 heteroatoms. The van der Waals surface area contributed by atoms with Crippen LogP contribution in [0.15, 0.2) is 0 Å². The Labute approximate surface area is 89.9 Å². The predicted octanol–water partition coefficient (Wildman–Crippen LogP) is 0.466. The standard InChI is InChI=1S/C10H19NO4/c1-5-14-8(12)7(6-11)9(13)15-10(2,3)4/h7H,5-6,11H2,1-4H3. The number of carbonyl (C=O) groups excluding carboxylic acids is 2. The van der Waals surface area contributed by atoms with Gasteiger partial charge in [0.15, 0.2) is 5.92 Å². The second kappa shape index (κ2) is 5.70. The molecule has 0 spiro atoms. The van der Waals surface area contributed by atoms with Crippen LogP contribution in [0.5, 0.6) is 0 Å². The van der Waals surface area contributed by atoms with Gasteiger partial charge in [0.05, 0.1) is 6.61 Å². The first-order valence-electron chi connectivity index (χ1n) is 4.91. The van der Waals surface area contributed by atoms with Gasteiger partial charge in [0, 0.05) is 6.54 Å². The fraction of sp³-hybridized carbons (Fsp3) is 0.800. The Balaban J connectivity index is 4.41. The lowest BCUT2D eigenvalue weighted by molar-refractivity contribution is -0.168. The Bertz CT molecular complexity index is 232. The second-order valence-corrected chi connectivity index (χ2v) is 4.07. The Kier molecular flexibility index (Phi) is 5.28. The van der Waals surface area contributed by atoms with Gasteiger partial charge in [-0.15, -0.1) is 0 Å². The molecule has 0 aliphatic heterocycles. The summed E-state index contributed by atoms with van der Waals surface area (Å²) in [6, 6.07) is 0. The van der Waals surface area contributed by atoms with E-state index in [1.54, 1.807) is 27.7 Å². The van der Waals surface area contributed by atoms with Crippen molar-refractivity contribution in [1.29, 1.82) is 0 Å². The molecule has 0 saturated carbocycles. The molecular weight excluding hydrogens is 198 g/mol. The predicted molar refractivity (Wildman–Crippen MR) is 55.0 cm³/mol. The van der Waals surface area contributed by atoms with Crippen LogP contribution in [0.1, 0.15) is 27.7 Å². The van der Waals surface area contributed by atoms with Crippen LogP contribution >= 0.6 is 0 Å². The van der Waals surface area contributed by atoms with E-state index in [2.05, 4.69) is 0 Å². The van der Waals surface area contributed by atoms with Crippen molar-refractivity contribution in [1.82, 2.24) is 0 Å². The first-order valence-corrected chi connectivity index (χ1v) is 4.91. The summed E-state index contributed by atoms with van der Waals surface area (Å²) >= 11 is 0. The van der Waals surface area contributed by atoms with E-state index in [1.807, 2.05) is 0 Å². The summed E-state index contributed by atoms with van der Waals surface area (Å²) in [5.74, 6) is -2.29. The zero-order valence-electron chi connectivity index (χ0n) is 9.70. The normalized spacial score (nSPS) is 13.1. The van der Waals surface area contributed by atoms with Crippen LogP contribution in [-0.2, 0) is 19.1 Å². The van der Waals surface area contributed by atoms with Gasteiger partial charge in [-0.25, -0.2) is 0 Å². The molecule has 0 aromatic carbocycles. The third kappa shape index (κ3) is 5.37. The van der Waals surface area contributed by atoms with E-state index in [-0.39, 0.29) is 13.2 Å². The minimum absolute atomic E-state index is 0.103. The van der Waals surface area contributed by atoms with Gasteiger partial charge in [0.1, 0.15) is 5.60 Å². The summed E-state index contributed by atoms with van der Waals surface area (Å²) < 4.78 is 9.75. The highest BCUT2D eigenvalue weighted by Crippen LogP contribution is 2.11. The van der Waals surface area contributed by atoms with Gasteiger partial charge in [-0.2, -0.15) is 0 Å². The Morgan fingerprint density at radius 1 is 1.27 bits per heavy atom. The summed E-state index contributed by atoms with van der Waals surface area (Å²) in [4.78, 5) is 22.8. The van der Waals surface area contributed by atoms with Crippen molar-refractivity contribution in [2.45, 2.75) is 33.3 Å². The average Bonchev–Trinajstić information content (AvgIpc) is 2.02. The number of hydrogen-bond acceptors (Lipinski definition) is 5. The van der Waals surface area contributed by atoms with Crippen molar-refractivity contribution in [3.05, 3.63) is 0 Å². The third-order valence-electron chi connectivity index (χ3n) is 1.50. The van der Waals surface area contributed by atoms with E-state index >= 15 is 0 Å². The minimum atomic E-state index is -1.02. The van der Waals surface area contributed by atoms with Crippen LogP contribution in [0.25, 0.3) is 0 Å². The summed E-state index contributed by atoms with van der Waals surface area (Å²) in [6.45, 7) is 6.96. The lowest BCUT2D eigenvalue weighted by atomic mass is 10.1. The maximum absolute atomic E-state index is 11.5. The SMILES string of the molecule is CCOC(=O)C(CN)C(=O)OC(C)(C)C. The Morgan fingerprint density at radius 2 is 1.80 bits per heavy atom. The van der Waals surface area contributed by atoms with Gasteiger partial charge in [-0.05, 0) is 27.7 Å². The van der Waals surface area contributed by atoms with Gasteiger partial charge in [0.2, 0.25) is 0 Å². The molecule has 0 aliphatic rings. The summed E-state index contributed by atoms with van der Waals surface area (Å²) in [7, 11) is 0. The summed E-state index contributed by atoms with van der Waals surface area (Å²) in [5, 5.41) is 0. The molecule has 15 heavy (non-hydrogen) atoms. The molecule has 0 rings (SSSR count). The van der Waals surface area contributed by atoms with Crippen LogP contribution in [0.2, 0.25) is 0 Å². The van der Waals surface area contributed by atoms with E-state index in [0.717, 1.165) is 0 Å². The average molecular weight is 217 g/mol. The Morgan fingerprint density at radius 3 is 2.13 bits per heavy atom. The second-order valence-electron chi connectivity index (χ2n) is 4.07. The number of rotatable bonds is 4. The molecule has 5 nitrogen and oxygen atoms in total. The molecule has 0 amide bonds. The van der Waals surface area contributed by atoms with Crippen molar-refractivity contribution in [2.24, 2.45) is 11.7 Å². The number of carbonyl (C=O) groups is 2. The topological polar surface area (TPSA) is 78.6 Å². The molecular formula is C10H19NO4. The molecule has 1 unspecified atom stereocenters. The van der Waals surface area contributed by atoms with Gasteiger partial charge >= 0.3 is 11.9 Å². The lowest BCUT2D eigenvalue weighted by Crippen LogP contribution is -2.38. The molecule has 0 radical (unpaired) electrons. The van der Waals surface area contributed by atoms with E-state index in [4.69, 9.17) is 15.2 Å². The van der Waals surface area contributed by atoms with E-state index in [9.17, 15) is 9.59 Å². The number of ether oxygens (including phenoxy) is 2. The van der Waals surface area contributed by atoms with Crippen molar-refractivity contribution in [3.63, 3.8) is 0 Å².